The van der Waals surface area contributed by atoms with E-state index in [1.165, 1.54) is 11.8 Å². The van der Waals surface area contributed by atoms with Crippen molar-refractivity contribution in [2.45, 2.75) is 22.9 Å². The Morgan fingerprint density at radius 1 is 1.15 bits per heavy atom. The number of carbonyl (C=O) groups is 2. The average Bonchev–Trinajstić information content (AvgIpc) is 2.69. The summed E-state index contributed by atoms with van der Waals surface area (Å²) < 4.78 is 10.6. The fourth-order valence-corrected chi connectivity index (χ4v) is 3.43. The molecule has 2 heterocycles. The van der Waals surface area contributed by atoms with Gasteiger partial charge in [0.1, 0.15) is 5.03 Å². The molecule has 1 aliphatic heterocycles. The SMILES string of the molecule is CC(OC(=O)c1cccnc1Sc1ccccc1)C(=O)N1CCOCC1. The van der Waals surface area contributed by atoms with E-state index in [-0.39, 0.29) is 5.91 Å². The van der Waals surface area contributed by atoms with Gasteiger partial charge in [0.25, 0.3) is 5.91 Å². The van der Waals surface area contributed by atoms with Crippen LogP contribution in [0, 0.1) is 0 Å². The van der Waals surface area contributed by atoms with Gasteiger partial charge in [-0.1, -0.05) is 30.0 Å². The Balaban J connectivity index is 1.68. The highest BCUT2D eigenvalue weighted by Crippen LogP contribution is 2.28. The van der Waals surface area contributed by atoms with E-state index in [1.54, 1.807) is 30.2 Å². The topological polar surface area (TPSA) is 68.7 Å². The standard InChI is InChI=1S/C19H20N2O4S/c1-14(18(22)21-10-12-24-13-11-21)25-19(23)16-8-5-9-20-17(16)26-15-6-3-2-4-7-15/h2-9,14H,10-13H2,1H3. The van der Waals surface area contributed by atoms with E-state index >= 15 is 0 Å². The van der Waals surface area contributed by atoms with Gasteiger partial charge in [0.15, 0.2) is 6.10 Å². The van der Waals surface area contributed by atoms with Crippen molar-refractivity contribution in [2.24, 2.45) is 0 Å². The highest BCUT2D eigenvalue weighted by molar-refractivity contribution is 7.99. The van der Waals surface area contributed by atoms with Gasteiger partial charge in [-0.3, -0.25) is 4.79 Å². The lowest BCUT2D eigenvalue weighted by Gasteiger charge is -2.29. The number of esters is 1. The van der Waals surface area contributed by atoms with Crippen molar-refractivity contribution in [2.75, 3.05) is 26.3 Å². The Morgan fingerprint density at radius 2 is 1.88 bits per heavy atom. The number of hydrogen-bond acceptors (Lipinski definition) is 6. The van der Waals surface area contributed by atoms with E-state index in [9.17, 15) is 9.59 Å². The largest absolute Gasteiger partial charge is 0.449 e. The molecule has 0 radical (unpaired) electrons. The van der Waals surface area contributed by atoms with Crippen molar-refractivity contribution in [1.29, 1.82) is 0 Å². The van der Waals surface area contributed by atoms with Crippen LogP contribution >= 0.6 is 11.8 Å². The van der Waals surface area contributed by atoms with Crippen LogP contribution in [0.4, 0.5) is 0 Å². The molecule has 6 nitrogen and oxygen atoms in total. The van der Waals surface area contributed by atoms with Gasteiger partial charge in [0, 0.05) is 24.2 Å². The summed E-state index contributed by atoms with van der Waals surface area (Å²) in [5.74, 6) is -0.756. The average molecular weight is 372 g/mol. The Labute approximate surface area is 156 Å². The number of hydrogen-bond donors (Lipinski definition) is 0. The van der Waals surface area contributed by atoms with Crippen LogP contribution in [0.1, 0.15) is 17.3 Å². The van der Waals surface area contributed by atoms with E-state index in [1.807, 2.05) is 30.3 Å². The molecule has 7 heteroatoms. The fraction of sp³-hybridized carbons (Fsp3) is 0.316. The summed E-state index contributed by atoms with van der Waals surface area (Å²) in [5.41, 5.74) is 0.350. The number of amides is 1. The monoisotopic (exact) mass is 372 g/mol. The molecule has 136 valence electrons. The first-order chi connectivity index (χ1) is 12.6. The maximum absolute atomic E-state index is 12.6. The number of ether oxygens (including phenoxy) is 2. The van der Waals surface area contributed by atoms with Crippen LogP contribution in [0.25, 0.3) is 0 Å². The summed E-state index contributed by atoms with van der Waals surface area (Å²) in [7, 11) is 0. The lowest BCUT2D eigenvalue weighted by atomic mass is 10.2. The number of morpholine rings is 1. The molecule has 3 rings (SSSR count). The van der Waals surface area contributed by atoms with Crippen molar-refractivity contribution in [1.82, 2.24) is 9.88 Å². The van der Waals surface area contributed by atoms with Crippen molar-refractivity contribution >= 4 is 23.6 Å². The van der Waals surface area contributed by atoms with Crippen LogP contribution in [0.2, 0.25) is 0 Å². The second-order valence-electron chi connectivity index (χ2n) is 5.76. The molecule has 0 N–H and O–H groups in total. The van der Waals surface area contributed by atoms with Crippen LogP contribution < -0.4 is 0 Å². The quantitative estimate of drug-likeness (QED) is 0.752. The van der Waals surface area contributed by atoms with Crippen LogP contribution in [0.5, 0.6) is 0 Å². The molecule has 26 heavy (non-hydrogen) atoms. The Morgan fingerprint density at radius 3 is 2.62 bits per heavy atom. The van der Waals surface area contributed by atoms with Gasteiger partial charge in [0.05, 0.1) is 18.8 Å². The number of pyridine rings is 1. The molecule has 0 saturated carbocycles. The van der Waals surface area contributed by atoms with Gasteiger partial charge in [-0.25, -0.2) is 9.78 Å². The number of nitrogens with zero attached hydrogens (tertiary/aromatic N) is 2. The summed E-state index contributed by atoms with van der Waals surface area (Å²) in [6.45, 7) is 3.64. The van der Waals surface area contributed by atoms with Crippen molar-refractivity contribution < 1.29 is 19.1 Å². The Kier molecular flexibility index (Phi) is 6.25. The molecule has 0 spiro atoms. The predicted octanol–water partition coefficient (Wildman–Crippen LogP) is 2.64. The smallest absolute Gasteiger partial charge is 0.341 e. The first-order valence-corrected chi connectivity index (χ1v) is 9.22. The third-order valence-electron chi connectivity index (χ3n) is 3.90. The number of carbonyl (C=O) groups excluding carboxylic acids is 2. The molecule has 1 saturated heterocycles. The van der Waals surface area contributed by atoms with Gasteiger partial charge in [-0.05, 0) is 31.2 Å². The molecule has 0 bridgehead atoms. The molecule has 1 aromatic carbocycles. The fourth-order valence-electron chi connectivity index (χ4n) is 2.54. The van der Waals surface area contributed by atoms with E-state index in [2.05, 4.69) is 4.98 Å². The number of benzene rings is 1. The lowest BCUT2D eigenvalue weighted by Crippen LogP contribution is -2.46. The minimum absolute atomic E-state index is 0.206. The van der Waals surface area contributed by atoms with E-state index in [0.29, 0.717) is 36.9 Å². The van der Waals surface area contributed by atoms with Crippen LogP contribution in [0.15, 0.2) is 58.6 Å². The lowest BCUT2D eigenvalue weighted by molar-refractivity contribution is -0.143. The maximum Gasteiger partial charge on any atom is 0.341 e. The molecule has 1 amide bonds. The Bertz CT molecular complexity index is 763. The summed E-state index contributed by atoms with van der Waals surface area (Å²) in [6.07, 6.45) is 0.778. The normalized spacial score (nSPS) is 15.3. The molecule has 0 aliphatic carbocycles. The first kappa shape index (κ1) is 18.4. The number of rotatable bonds is 5. The predicted molar refractivity (Wildman–Crippen MR) is 97.1 cm³/mol. The highest BCUT2D eigenvalue weighted by atomic mass is 32.2. The summed E-state index contributed by atoms with van der Waals surface area (Å²) in [6, 6.07) is 13.0. The summed E-state index contributed by atoms with van der Waals surface area (Å²) >= 11 is 1.38. The van der Waals surface area contributed by atoms with Gasteiger partial charge in [0.2, 0.25) is 0 Å². The zero-order valence-corrected chi connectivity index (χ0v) is 15.3. The van der Waals surface area contributed by atoms with Gasteiger partial charge < -0.3 is 14.4 Å². The molecular formula is C19H20N2O4S. The van der Waals surface area contributed by atoms with Gasteiger partial charge in [-0.15, -0.1) is 0 Å². The number of aromatic nitrogens is 1. The summed E-state index contributed by atoms with van der Waals surface area (Å²) in [5, 5.41) is 0.551. The first-order valence-electron chi connectivity index (χ1n) is 8.40. The molecule has 1 aliphatic rings. The molecule has 1 aromatic heterocycles. The minimum atomic E-state index is -0.851. The highest BCUT2D eigenvalue weighted by Gasteiger charge is 2.26. The van der Waals surface area contributed by atoms with Crippen LogP contribution in [-0.2, 0) is 14.3 Å². The second kappa shape index (κ2) is 8.82. The zero-order valence-electron chi connectivity index (χ0n) is 14.5. The Hall–Kier alpha value is -2.38. The van der Waals surface area contributed by atoms with Crippen LogP contribution in [0.3, 0.4) is 0 Å². The maximum atomic E-state index is 12.6. The molecule has 2 aromatic rings. The third kappa shape index (κ3) is 4.62. The zero-order chi connectivity index (χ0) is 18.4. The van der Waals surface area contributed by atoms with Gasteiger partial charge >= 0.3 is 5.97 Å². The minimum Gasteiger partial charge on any atom is -0.449 e. The van der Waals surface area contributed by atoms with Crippen molar-refractivity contribution in [3.63, 3.8) is 0 Å². The van der Waals surface area contributed by atoms with Crippen LogP contribution in [-0.4, -0.2) is 54.2 Å². The summed E-state index contributed by atoms with van der Waals surface area (Å²) in [4.78, 5) is 31.9. The molecular weight excluding hydrogens is 352 g/mol. The van der Waals surface area contributed by atoms with Crippen molar-refractivity contribution in [3.05, 3.63) is 54.2 Å². The molecule has 1 atom stereocenters. The molecule has 1 fully saturated rings. The van der Waals surface area contributed by atoms with E-state index in [4.69, 9.17) is 9.47 Å². The van der Waals surface area contributed by atoms with Gasteiger partial charge in [-0.2, -0.15) is 0 Å². The van der Waals surface area contributed by atoms with E-state index in [0.717, 1.165) is 4.90 Å². The van der Waals surface area contributed by atoms with Crippen molar-refractivity contribution in [3.8, 4) is 0 Å². The van der Waals surface area contributed by atoms with E-state index < -0.39 is 12.1 Å². The molecule has 1 unspecified atom stereocenters. The third-order valence-corrected chi connectivity index (χ3v) is 4.93. The second-order valence-corrected chi connectivity index (χ2v) is 6.82.